The van der Waals surface area contributed by atoms with Crippen LogP contribution in [0.25, 0.3) is 10.8 Å². The van der Waals surface area contributed by atoms with Gasteiger partial charge in [-0.15, -0.1) is 0 Å². The summed E-state index contributed by atoms with van der Waals surface area (Å²) in [4.78, 5) is 12.5. The van der Waals surface area contributed by atoms with E-state index in [1.165, 1.54) is 16.5 Å². The number of carbonyl (C=O) groups is 1. The molecule has 0 bridgehead atoms. The molecular formula is C21H18ClNO2. The Labute approximate surface area is 151 Å². The number of benzene rings is 3. The van der Waals surface area contributed by atoms with Gasteiger partial charge in [0.1, 0.15) is 6.10 Å². The predicted octanol–water partition coefficient (Wildman–Crippen LogP) is 5.09. The number of halogens is 1. The van der Waals surface area contributed by atoms with Crippen LogP contribution in [0.5, 0.6) is 0 Å². The number of nitrogens with two attached hydrogens (primary N) is 1. The molecule has 25 heavy (non-hydrogen) atoms. The van der Waals surface area contributed by atoms with Gasteiger partial charge in [0.25, 0.3) is 0 Å². The van der Waals surface area contributed by atoms with Crippen LogP contribution in [0.3, 0.4) is 0 Å². The number of ether oxygens (including phenoxy) is 1. The summed E-state index contributed by atoms with van der Waals surface area (Å²) in [6.07, 6.45) is 1.77. The maximum atomic E-state index is 12.5. The van der Waals surface area contributed by atoms with E-state index in [-0.39, 0.29) is 6.10 Å². The largest absolute Gasteiger partial charge is 0.454 e. The van der Waals surface area contributed by atoms with Gasteiger partial charge in [-0.3, -0.25) is 0 Å². The van der Waals surface area contributed by atoms with Gasteiger partial charge < -0.3 is 10.5 Å². The van der Waals surface area contributed by atoms with Crippen molar-refractivity contribution in [2.75, 3.05) is 5.73 Å². The molecule has 4 heteroatoms. The van der Waals surface area contributed by atoms with E-state index in [1.807, 2.05) is 6.92 Å². The fourth-order valence-electron chi connectivity index (χ4n) is 3.61. The molecule has 1 aliphatic rings. The van der Waals surface area contributed by atoms with Crippen LogP contribution in [0.1, 0.15) is 40.1 Å². The number of rotatable bonds is 3. The van der Waals surface area contributed by atoms with Crippen molar-refractivity contribution in [1.29, 1.82) is 0 Å². The smallest absolute Gasteiger partial charge is 0.340 e. The summed E-state index contributed by atoms with van der Waals surface area (Å²) in [7, 11) is 0. The summed E-state index contributed by atoms with van der Waals surface area (Å²) in [5.41, 5.74) is 10.3. The first kappa shape index (κ1) is 16.0. The standard InChI is InChI=1S/C21H18ClNO2/c1-12(25-21(24)18-11-15(23)8-10-19(18)22)16-9-7-14-6-5-13-3-2-4-17(16)20(13)14/h2-4,7-12H,5-6,23H2,1H3/t12-/m1/s1. The second-order valence-corrected chi connectivity index (χ2v) is 6.85. The second-order valence-electron chi connectivity index (χ2n) is 6.44. The maximum absolute atomic E-state index is 12.5. The highest BCUT2D eigenvalue weighted by Crippen LogP contribution is 2.36. The van der Waals surface area contributed by atoms with Crippen molar-refractivity contribution in [3.05, 3.63) is 75.8 Å². The molecule has 0 aromatic heterocycles. The van der Waals surface area contributed by atoms with Gasteiger partial charge in [-0.2, -0.15) is 0 Å². The van der Waals surface area contributed by atoms with Crippen molar-refractivity contribution in [2.45, 2.75) is 25.9 Å². The Bertz CT molecular complexity index is 986. The summed E-state index contributed by atoms with van der Waals surface area (Å²) < 4.78 is 5.69. The molecule has 3 aromatic rings. The van der Waals surface area contributed by atoms with Crippen LogP contribution in [-0.4, -0.2) is 5.97 Å². The molecule has 0 heterocycles. The van der Waals surface area contributed by atoms with Crippen LogP contribution < -0.4 is 5.73 Å². The van der Waals surface area contributed by atoms with Crippen LogP contribution in [0, 0.1) is 0 Å². The molecule has 3 aromatic carbocycles. The van der Waals surface area contributed by atoms with E-state index in [9.17, 15) is 4.79 Å². The summed E-state index contributed by atoms with van der Waals surface area (Å²) in [6.45, 7) is 1.89. The Morgan fingerprint density at radius 2 is 1.88 bits per heavy atom. The van der Waals surface area contributed by atoms with Crippen LogP contribution in [0.4, 0.5) is 5.69 Å². The van der Waals surface area contributed by atoms with Crippen molar-refractivity contribution >= 4 is 34.0 Å². The van der Waals surface area contributed by atoms with E-state index < -0.39 is 5.97 Å². The Morgan fingerprint density at radius 1 is 1.12 bits per heavy atom. The number of anilines is 1. The zero-order valence-electron chi connectivity index (χ0n) is 13.9. The second kappa shape index (κ2) is 6.08. The van der Waals surface area contributed by atoms with Crippen molar-refractivity contribution < 1.29 is 9.53 Å². The van der Waals surface area contributed by atoms with Gasteiger partial charge in [-0.1, -0.05) is 41.9 Å². The van der Waals surface area contributed by atoms with E-state index in [4.69, 9.17) is 22.1 Å². The highest BCUT2D eigenvalue weighted by atomic mass is 35.5. The summed E-state index contributed by atoms with van der Waals surface area (Å²) >= 11 is 6.11. The molecule has 0 unspecified atom stereocenters. The maximum Gasteiger partial charge on any atom is 0.340 e. The normalized spacial score (nSPS) is 13.8. The average Bonchev–Trinajstić information content (AvgIpc) is 3.02. The fourth-order valence-corrected chi connectivity index (χ4v) is 3.81. The van der Waals surface area contributed by atoms with Crippen LogP contribution in [-0.2, 0) is 17.6 Å². The first-order valence-corrected chi connectivity index (χ1v) is 8.72. The van der Waals surface area contributed by atoms with E-state index in [0.29, 0.717) is 16.3 Å². The monoisotopic (exact) mass is 351 g/mol. The van der Waals surface area contributed by atoms with Crippen LogP contribution in [0.15, 0.2) is 48.5 Å². The molecule has 0 fully saturated rings. The minimum Gasteiger partial charge on any atom is -0.454 e. The van der Waals surface area contributed by atoms with E-state index in [0.717, 1.165) is 23.8 Å². The minimum absolute atomic E-state index is 0.291. The zero-order chi connectivity index (χ0) is 17.6. The number of carbonyl (C=O) groups excluding carboxylic acids is 1. The Hall–Kier alpha value is -2.52. The van der Waals surface area contributed by atoms with Gasteiger partial charge in [0.05, 0.1) is 10.6 Å². The molecule has 126 valence electrons. The number of esters is 1. The highest BCUT2D eigenvalue weighted by Gasteiger charge is 2.21. The molecule has 1 atom stereocenters. The summed E-state index contributed by atoms with van der Waals surface area (Å²) in [5, 5.41) is 2.81. The quantitative estimate of drug-likeness (QED) is 0.528. The van der Waals surface area contributed by atoms with Crippen LogP contribution >= 0.6 is 11.6 Å². The molecular weight excluding hydrogens is 334 g/mol. The molecule has 0 aliphatic heterocycles. The first-order valence-electron chi connectivity index (χ1n) is 8.34. The van der Waals surface area contributed by atoms with E-state index in [2.05, 4.69) is 30.3 Å². The molecule has 0 saturated heterocycles. The third-order valence-corrected chi connectivity index (χ3v) is 5.17. The lowest BCUT2D eigenvalue weighted by atomic mass is 9.97. The van der Waals surface area contributed by atoms with E-state index in [1.54, 1.807) is 18.2 Å². The molecule has 2 N–H and O–H groups in total. The fraction of sp³-hybridized carbons (Fsp3) is 0.190. The number of nitrogen functional groups attached to an aromatic ring is 1. The zero-order valence-corrected chi connectivity index (χ0v) is 14.6. The van der Waals surface area contributed by atoms with Crippen LogP contribution in [0.2, 0.25) is 5.02 Å². The molecule has 0 amide bonds. The Morgan fingerprint density at radius 3 is 2.68 bits per heavy atom. The number of aryl methyl sites for hydroxylation is 2. The Kier molecular flexibility index (Phi) is 3.89. The Balaban J connectivity index is 1.68. The summed E-state index contributed by atoms with van der Waals surface area (Å²) in [5.74, 6) is -0.465. The van der Waals surface area contributed by atoms with Gasteiger partial charge in [-0.25, -0.2) is 4.79 Å². The van der Waals surface area contributed by atoms with Gasteiger partial charge in [0, 0.05) is 11.3 Å². The average molecular weight is 352 g/mol. The van der Waals surface area contributed by atoms with Gasteiger partial charge in [-0.05, 0) is 59.9 Å². The third kappa shape index (κ3) is 2.75. The predicted molar refractivity (Wildman–Crippen MR) is 101 cm³/mol. The van der Waals surface area contributed by atoms with Gasteiger partial charge in [0.2, 0.25) is 0 Å². The molecule has 0 spiro atoms. The van der Waals surface area contributed by atoms with Crippen molar-refractivity contribution in [3.8, 4) is 0 Å². The van der Waals surface area contributed by atoms with Gasteiger partial charge in [0.15, 0.2) is 0 Å². The lowest BCUT2D eigenvalue weighted by molar-refractivity contribution is 0.0341. The van der Waals surface area contributed by atoms with Crippen molar-refractivity contribution in [3.63, 3.8) is 0 Å². The van der Waals surface area contributed by atoms with E-state index >= 15 is 0 Å². The molecule has 0 radical (unpaired) electrons. The molecule has 3 nitrogen and oxygen atoms in total. The third-order valence-electron chi connectivity index (χ3n) is 4.84. The lowest BCUT2D eigenvalue weighted by Gasteiger charge is -2.17. The summed E-state index contributed by atoms with van der Waals surface area (Å²) in [6, 6.07) is 15.4. The molecule has 0 saturated carbocycles. The number of hydrogen-bond acceptors (Lipinski definition) is 3. The number of hydrogen-bond donors (Lipinski definition) is 1. The van der Waals surface area contributed by atoms with Crippen molar-refractivity contribution in [1.82, 2.24) is 0 Å². The van der Waals surface area contributed by atoms with Gasteiger partial charge >= 0.3 is 5.97 Å². The molecule has 1 aliphatic carbocycles. The first-order chi connectivity index (χ1) is 12.0. The SMILES string of the molecule is C[C@@H](OC(=O)c1cc(N)ccc1Cl)c1ccc2c3c(cccc13)CC2. The molecule has 4 rings (SSSR count). The highest BCUT2D eigenvalue weighted by molar-refractivity contribution is 6.33. The topological polar surface area (TPSA) is 52.3 Å². The lowest BCUT2D eigenvalue weighted by Crippen LogP contribution is -2.10. The minimum atomic E-state index is -0.465. The van der Waals surface area contributed by atoms with Crippen molar-refractivity contribution in [2.24, 2.45) is 0 Å².